The van der Waals surface area contributed by atoms with E-state index in [0.29, 0.717) is 24.7 Å². The number of para-hydroxylation sites is 1. The fourth-order valence-corrected chi connectivity index (χ4v) is 3.22. The topological polar surface area (TPSA) is 47.4 Å². The Hall–Kier alpha value is -2.08. The van der Waals surface area contributed by atoms with Crippen molar-refractivity contribution in [2.75, 3.05) is 19.7 Å². The Morgan fingerprint density at radius 2 is 2.28 bits per heavy atom. The molecule has 1 saturated heterocycles. The molecular formula is C18H21ClFN3O2. The van der Waals surface area contributed by atoms with E-state index in [0.717, 1.165) is 12.8 Å². The zero-order valence-corrected chi connectivity index (χ0v) is 14.8. The van der Waals surface area contributed by atoms with Crippen LogP contribution in [0.5, 0.6) is 5.75 Å². The van der Waals surface area contributed by atoms with Crippen LogP contribution in [0.2, 0.25) is 5.02 Å². The molecule has 5 nitrogen and oxygen atoms in total. The molecule has 1 aromatic carbocycles. The van der Waals surface area contributed by atoms with Crippen LogP contribution in [0, 0.1) is 11.7 Å². The van der Waals surface area contributed by atoms with E-state index >= 15 is 0 Å². The van der Waals surface area contributed by atoms with Crippen LogP contribution >= 0.6 is 11.6 Å². The number of hydrogen-bond acceptors (Lipinski definition) is 3. The predicted molar refractivity (Wildman–Crippen MR) is 93.1 cm³/mol. The Labute approximate surface area is 151 Å². The minimum Gasteiger partial charge on any atom is -0.490 e. The summed E-state index contributed by atoms with van der Waals surface area (Å²) in [4.78, 5) is 14.5. The first-order valence-electron chi connectivity index (χ1n) is 8.40. The Bertz CT molecular complexity index is 737. The van der Waals surface area contributed by atoms with Crippen molar-refractivity contribution >= 4 is 17.5 Å². The van der Waals surface area contributed by atoms with Crippen molar-refractivity contribution in [1.82, 2.24) is 14.7 Å². The molecule has 1 amide bonds. The van der Waals surface area contributed by atoms with Crippen LogP contribution in [0.3, 0.4) is 0 Å². The van der Waals surface area contributed by atoms with Gasteiger partial charge in [0.1, 0.15) is 6.04 Å². The SMILES string of the molecule is CC(C(=O)N1CCCC(COc2ccccc2F)C1)n1cc(Cl)cn1. The highest BCUT2D eigenvalue weighted by Gasteiger charge is 2.28. The number of halogens is 2. The average molecular weight is 366 g/mol. The lowest BCUT2D eigenvalue weighted by Gasteiger charge is -2.34. The zero-order valence-electron chi connectivity index (χ0n) is 14.1. The number of aromatic nitrogens is 2. The van der Waals surface area contributed by atoms with Crippen LogP contribution in [0.1, 0.15) is 25.8 Å². The molecule has 1 fully saturated rings. The number of hydrogen-bond donors (Lipinski definition) is 0. The van der Waals surface area contributed by atoms with Crippen molar-refractivity contribution in [2.45, 2.75) is 25.8 Å². The summed E-state index contributed by atoms with van der Waals surface area (Å²) in [6.45, 7) is 3.53. The molecule has 2 atom stereocenters. The molecule has 25 heavy (non-hydrogen) atoms. The normalized spacial score (nSPS) is 18.8. The maximum Gasteiger partial charge on any atom is 0.247 e. The van der Waals surface area contributed by atoms with Gasteiger partial charge in [-0.3, -0.25) is 9.48 Å². The highest BCUT2D eigenvalue weighted by atomic mass is 35.5. The number of nitrogens with zero attached hydrogens (tertiary/aromatic N) is 3. The number of amides is 1. The summed E-state index contributed by atoms with van der Waals surface area (Å²) in [5.41, 5.74) is 0. The van der Waals surface area contributed by atoms with Crippen LogP contribution in [0.4, 0.5) is 4.39 Å². The van der Waals surface area contributed by atoms with E-state index in [1.807, 2.05) is 11.8 Å². The molecular weight excluding hydrogens is 345 g/mol. The minimum absolute atomic E-state index is 0.00959. The summed E-state index contributed by atoms with van der Waals surface area (Å²) < 4.78 is 20.8. The highest BCUT2D eigenvalue weighted by molar-refractivity contribution is 6.30. The van der Waals surface area contributed by atoms with Gasteiger partial charge in [0.2, 0.25) is 5.91 Å². The van der Waals surface area contributed by atoms with E-state index in [9.17, 15) is 9.18 Å². The smallest absolute Gasteiger partial charge is 0.247 e. The largest absolute Gasteiger partial charge is 0.490 e. The number of likely N-dealkylation sites (tertiary alicyclic amines) is 1. The molecule has 2 heterocycles. The van der Waals surface area contributed by atoms with Gasteiger partial charge in [0.15, 0.2) is 11.6 Å². The van der Waals surface area contributed by atoms with Crippen LogP contribution in [0.15, 0.2) is 36.7 Å². The van der Waals surface area contributed by atoms with E-state index in [2.05, 4.69) is 5.10 Å². The fourth-order valence-electron chi connectivity index (χ4n) is 3.07. The number of rotatable bonds is 5. The maximum absolute atomic E-state index is 13.6. The van der Waals surface area contributed by atoms with Gasteiger partial charge in [-0.05, 0) is 31.9 Å². The Morgan fingerprint density at radius 1 is 1.48 bits per heavy atom. The van der Waals surface area contributed by atoms with Gasteiger partial charge in [0.05, 0.1) is 17.8 Å². The van der Waals surface area contributed by atoms with E-state index in [4.69, 9.17) is 16.3 Å². The number of ether oxygens (including phenoxy) is 1. The number of piperidine rings is 1. The van der Waals surface area contributed by atoms with E-state index in [1.54, 1.807) is 29.1 Å². The Kier molecular flexibility index (Phi) is 5.58. The first kappa shape index (κ1) is 17.7. The summed E-state index contributed by atoms with van der Waals surface area (Å²) in [6.07, 6.45) is 5.03. The van der Waals surface area contributed by atoms with Crippen molar-refractivity contribution in [1.29, 1.82) is 0 Å². The van der Waals surface area contributed by atoms with E-state index in [-0.39, 0.29) is 23.4 Å². The monoisotopic (exact) mass is 365 g/mol. The van der Waals surface area contributed by atoms with Crippen molar-refractivity contribution in [3.05, 3.63) is 47.5 Å². The van der Waals surface area contributed by atoms with Gasteiger partial charge < -0.3 is 9.64 Å². The molecule has 1 aliphatic heterocycles. The molecule has 134 valence electrons. The lowest BCUT2D eigenvalue weighted by atomic mass is 9.98. The molecule has 0 bridgehead atoms. The lowest BCUT2D eigenvalue weighted by molar-refractivity contribution is -0.136. The van der Waals surface area contributed by atoms with Gasteiger partial charge in [0, 0.05) is 25.2 Å². The molecule has 0 saturated carbocycles. The number of benzene rings is 1. The molecule has 0 aliphatic carbocycles. The fraction of sp³-hybridized carbons (Fsp3) is 0.444. The Balaban J connectivity index is 1.57. The van der Waals surface area contributed by atoms with E-state index < -0.39 is 6.04 Å². The number of carbonyl (C=O) groups excluding carboxylic acids is 1. The standard InChI is InChI=1S/C18H21ClFN3O2/c1-13(23-11-15(19)9-21-23)18(24)22-8-4-5-14(10-22)12-25-17-7-3-2-6-16(17)20/h2-3,6-7,9,11,13-14H,4-5,8,10,12H2,1H3. The second-order valence-corrected chi connectivity index (χ2v) is 6.78. The first-order valence-corrected chi connectivity index (χ1v) is 8.78. The van der Waals surface area contributed by atoms with Crippen molar-refractivity contribution < 1.29 is 13.9 Å². The summed E-state index contributed by atoms with van der Waals surface area (Å²) in [5, 5.41) is 4.62. The van der Waals surface area contributed by atoms with Crippen LogP contribution in [-0.2, 0) is 4.79 Å². The maximum atomic E-state index is 13.6. The van der Waals surface area contributed by atoms with Crippen molar-refractivity contribution in [3.8, 4) is 5.75 Å². The molecule has 1 aliphatic rings. The number of carbonyl (C=O) groups is 1. The summed E-state index contributed by atoms with van der Waals surface area (Å²) in [6, 6.07) is 5.96. The average Bonchev–Trinajstić information content (AvgIpc) is 3.06. The molecule has 0 N–H and O–H groups in total. The lowest BCUT2D eigenvalue weighted by Crippen LogP contribution is -2.44. The molecule has 0 spiro atoms. The zero-order chi connectivity index (χ0) is 17.8. The van der Waals surface area contributed by atoms with Gasteiger partial charge in [-0.15, -0.1) is 0 Å². The molecule has 7 heteroatoms. The van der Waals surface area contributed by atoms with Crippen molar-refractivity contribution in [2.24, 2.45) is 5.92 Å². The van der Waals surface area contributed by atoms with Gasteiger partial charge in [0.25, 0.3) is 0 Å². The van der Waals surface area contributed by atoms with Gasteiger partial charge >= 0.3 is 0 Å². The van der Waals surface area contributed by atoms with E-state index in [1.165, 1.54) is 12.3 Å². The molecule has 2 aromatic rings. The summed E-state index contributed by atoms with van der Waals surface area (Å²) >= 11 is 5.87. The third kappa shape index (κ3) is 4.31. The third-order valence-electron chi connectivity index (χ3n) is 4.47. The third-order valence-corrected chi connectivity index (χ3v) is 4.66. The summed E-state index contributed by atoms with van der Waals surface area (Å²) in [7, 11) is 0. The van der Waals surface area contributed by atoms with Crippen molar-refractivity contribution in [3.63, 3.8) is 0 Å². The highest BCUT2D eigenvalue weighted by Crippen LogP contribution is 2.23. The van der Waals surface area contributed by atoms with Crippen LogP contribution < -0.4 is 4.74 Å². The van der Waals surface area contributed by atoms with Gasteiger partial charge in [-0.1, -0.05) is 23.7 Å². The first-order chi connectivity index (χ1) is 12.0. The molecule has 1 aromatic heterocycles. The summed E-state index contributed by atoms with van der Waals surface area (Å²) in [5.74, 6) is 0.0852. The quantitative estimate of drug-likeness (QED) is 0.814. The van der Waals surface area contributed by atoms with Gasteiger partial charge in [-0.25, -0.2) is 4.39 Å². The van der Waals surface area contributed by atoms with Gasteiger partial charge in [-0.2, -0.15) is 5.10 Å². The second kappa shape index (κ2) is 7.87. The predicted octanol–water partition coefficient (Wildman–Crippen LogP) is 3.55. The van der Waals surface area contributed by atoms with Crippen LogP contribution in [0.25, 0.3) is 0 Å². The minimum atomic E-state index is -0.404. The Morgan fingerprint density at radius 3 is 3.00 bits per heavy atom. The molecule has 3 rings (SSSR count). The van der Waals surface area contributed by atoms with Crippen LogP contribution in [-0.4, -0.2) is 40.3 Å². The molecule has 0 radical (unpaired) electrons. The molecule has 2 unspecified atom stereocenters. The second-order valence-electron chi connectivity index (χ2n) is 6.35.